The number of hydrogen-bond donors (Lipinski definition) is 7. The molecule has 262 valence electrons. The summed E-state index contributed by atoms with van der Waals surface area (Å²) in [7, 11) is 1.24. The van der Waals surface area contributed by atoms with Crippen LogP contribution in [0.1, 0.15) is 59.3 Å². The number of methoxy groups -OCH3 is 1. The highest BCUT2D eigenvalue weighted by atomic mass is 16.8. The minimum absolute atomic E-state index is 0.223. The van der Waals surface area contributed by atoms with Crippen LogP contribution >= 0.6 is 0 Å². The molecule has 1 aliphatic carbocycles. The van der Waals surface area contributed by atoms with Crippen molar-refractivity contribution in [3.63, 3.8) is 0 Å². The predicted octanol–water partition coefficient (Wildman–Crippen LogP) is -0.246. The first kappa shape index (κ1) is 38.2. The summed E-state index contributed by atoms with van der Waals surface area (Å²) in [6.45, 7) is 3.85. The van der Waals surface area contributed by atoms with Gasteiger partial charge in [0.2, 0.25) is 5.79 Å². The fourth-order valence-corrected chi connectivity index (χ4v) is 5.91. The Morgan fingerprint density at radius 2 is 1.65 bits per heavy atom. The van der Waals surface area contributed by atoms with Gasteiger partial charge in [0.05, 0.1) is 25.6 Å². The van der Waals surface area contributed by atoms with E-state index in [-0.39, 0.29) is 6.42 Å². The van der Waals surface area contributed by atoms with Crippen LogP contribution in [-0.2, 0) is 33.3 Å². The summed E-state index contributed by atoms with van der Waals surface area (Å²) in [5.74, 6) is -5.34. The van der Waals surface area contributed by atoms with Gasteiger partial charge >= 0.3 is 11.9 Å². The van der Waals surface area contributed by atoms with Gasteiger partial charge in [0.25, 0.3) is 0 Å². The van der Waals surface area contributed by atoms with Crippen molar-refractivity contribution in [2.75, 3.05) is 26.9 Å². The minimum atomic E-state index is -2.35. The third-order valence-corrected chi connectivity index (χ3v) is 8.76. The van der Waals surface area contributed by atoms with Gasteiger partial charge < -0.3 is 59.4 Å². The first-order valence-electron chi connectivity index (χ1n) is 15.6. The van der Waals surface area contributed by atoms with Gasteiger partial charge in [0, 0.05) is 0 Å². The average molecular weight is 659 g/mol. The van der Waals surface area contributed by atoms with Gasteiger partial charge in [-0.2, -0.15) is 0 Å². The van der Waals surface area contributed by atoms with Crippen molar-refractivity contribution in [1.29, 1.82) is 0 Å². The molecule has 2 fully saturated rings. The molecule has 2 saturated heterocycles. The zero-order valence-corrected chi connectivity index (χ0v) is 26.9. The van der Waals surface area contributed by atoms with Crippen LogP contribution < -0.4 is 0 Å². The van der Waals surface area contributed by atoms with Gasteiger partial charge in [-0.15, -0.1) is 0 Å². The Morgan fingerprint density at radius 3 is 2.26 bits per heavy atom. The maximum atomic E-state index is 13.2. The third-order valence-electron chi connectivity index (χ3n) is 8.76. The van der Waals surface area contributed by atoms with E-state index >= 15 is 0 Å². The monoisotopic (exact) mass is 658 g/mol. The van der Waals surface area contributed by atoms with Gasteiger partial charge in [-0.25, -0.2) is 0 Å². The number of carbonyl (C=O) groups is 2. The van der Waals surface area contributed by atoms with Crippen LogP contribution in [0, 0.1) is 11.8 Å². The SMILES string of the molecule is COC(=O)C1CC(CC/C=C(\C)CCC=C(C)C)=CCC1C(=O)OCC1OC(OC2(CO)OC(CO)C(O)C2O)C(O)C(O)C1O. The Morgan fingerprint density at radius 1 is 0.935 bits per heavy atom. The first-order chi connectivity index (χ1) is 21.8. The standard InChI is InChI=1S/C32H50O14/c1-17(2)7-5-8-18(3)9-6-10-19-11-12-20(21(13-19)29(40)42-4)30(41)43-15-23-24(35)26(37)27(38)31(44-23)46-32(16-34)28(39)25(36)22(14-33)45-32/h7,9,11,20-28,31,33-39H,5-6,8,10,12-16H2,1-4H3/b18-9+. The molecule has 14 nitrogen and oxygen atoms in total. The van der Waals surface area contributed by atoms with E-state index in [4.69, 9.17) is 23.7 Å². The molecule has 0 amide bonds. The predicted molar refractivity (Wildman–Crippen MR) is 160 cm³/mol. The van der Waals surface area contributed by atoms with Crippen molar-refractivity contribution in [3.8, 4) is 0 Å². The van der Waals surface area contributed by atoms with E-state index in [2.05, 4.69) is 32.9 Å². The highest BCUT2D eigenvalue weighted by molar-refractivity contribution is 5.83. The Balaban J connectivity index is 1.63. The molecule has 0 aromatic rings. The molecule has 7 N–H and O–H groups in total. The number of rotatable bonds is 14. The highest BCUT2D eigenvalue weighted by Crippen LogP contribution is 2.37. The van der Waals surface area contributed by atoms with Crippen LogP contribution in [0.25, 0.3) is 0 Å². The molecule has 3 aliphatic rings. The van der Waals surface area contributed by atoms with Crippen LogP contribution in [0.3, 0.4) is 0 Å². The molecule has 0 aromatic carbocycles. The van der Waals surface area contributed by atoms with E-state index in [9.17, 15) is 45.3 Å². The molecule has 3 rings (SSSR count). The zero-order chi connectivity index (χ0) is 34.2. The summed E-state index contributed by atoms with van der Waals surface area (Å²) >= 11 is 0. The van der Waals surface area contributed by atoms with Crippen molar-refractivity contribution >= 4 is 11.9 Å². The lowest BCUT2D eigenvalue weighted by Gasteiger charge is -2.43. The Bertz CT molecular complexity index is 1120. The van der Waals surface area contributed by atoms with Crippen LogP contribution in [0.4, 0.5) is 0 Å². The lowest BCUT2D eigenvalue weighted by molar-refractivity contribution is -0.383. The number of carbonyl (C=O) groups excluding carboxylic acids is 2. The first-order valence-corrected chi connectivity index (χ1v) is 15.6. The Kier molecular flexibility index (Phi) is 14.3. The zero-order valence-electron chi connectivity index (χ0n) is 26.9. The molecule has 11 atom stereocenters. The number of ether oxygens (including phenoxy) is 5. The van der Waals surface area contributed by atoms with Gasteiger partial charge in [-0.3, -0.25) is 9.59 Å². The smallest absolute Gasteiger partial charge is 0.310 e. The minimum Gasteiger partial charge on any atom is -0.469 e. The molecule has 46 heavy (non-hydrogen) atoms. The molecule has 11 unspecified atom stereocenters. The number of hydrogen-bond acceptors (Lipinski definition) is 14. The normalized spacial score (nSPS) is 36.6. The number of esters is 2. The van der Waals surface area contributed by atoms with Crippen molar-refractivity contribution < 1.29 is 69.0 Å². The summed E-state index contributed by atoms with van der Waals surface area (Å²) in [6.07, 6.45) is -3.37. The molecular formula is C32H50O14. The van der Waals surface area contributed by atoms with E-state index in [0.29, 0.717) is 6.42 Å². The van der Waals surface area contributed by atoms with E-state index < -0.39 is 98.4 Å². The van der Waals surface area contributed by atoms with Crippen LogP contribution in [0.5, 0.6) is 0 Å². The van der Waals surface area contributed by atoms with E-state index in [1.54, 1.807) is 0 Å². The average Bonchev–Trinajstić information content (AvgIpc) is 3.28. The lowest BCUT2D eigenvalue weighted by Crippen LogP contribution is -2.63. The maximum Gasteiger partial charge on any atom is 0.310 e. The quantitative estimate of drug-likeness (QED) is 0.0946. The fourth-order valence-electron chi connectivity index (χ4n) is 5.91. The molecule has 0 bridgehead atoms. The molecule has 2 aliphatic heterocycles. The molecule has 0 aromatic heterocycles. The summed E-state index contributed by atoms with van der Waals surface area (Å²) in [5, 5.41) is 71.3. The second kappa shape index (κ2) is 17.2. The number of aliphatic hydroxyl groups excluding tert-OH is 7. The summed E-state index contributed by atoms with van der Waals surface area (Å²) in [5.41, 5.74) is 3.59. The van der Waals surface area contributed by atoms with E-state index in [1.165, 1.54) is 18.3 Å². The van der Waals surface area contributed by atoms with Crippen molar-refractivity contribution in [2.24, 2.45) is 11.8 Å². The lowest BCUT2D eigenvalue weighted by atomic mass is 9.78. The largest absolute Gasteiger partial charge is 0.469 e. The van der Waals surface area contributed by atoms with Crippen LogP contribution in [0.15, 0.2) is 34.9 Å². The highest BCUT2D eigenvalue weighted by Gasteiger charge is 2.58. The fraction of sp³-hybridized carbons (Fsp3) is 0.750. The maximum absolute atomic E-state index is 13.2. The second-order valence-electron chi connectivity index (χ2n) is 12.5. The molecule has 0 spiro atoms. The molecule has 2 heterocycles. The van der Waals surface area contributed by atoms with E-state index in [1.807, 2.05) is 6.08 Å². The van der Waals surface area contributed by atoms with Gasteiger partial charge in [0.15, 0.2) is 6.29 Å². The van der Waals surface area contributed by atoms with Crippen molar-refractivity contribution in [1.82, 2.24) is 0 Å². The Labute approximate surface area is 268 Å². The molecular weight excluding hydrogens is 608 g/mol. The van der Waals surface area contributed by atoms with Crippen LogP contribution in [0.2, 0.25) is 0 Å². The van der Waals surface area contributed by atoms with Crippen molar-refractivity contribution in [3.05, 3.63) is 34.9 Å². The van der Waals surface area contributed by atoms with E-state index in [0.717, 1.165) is 31.3 Å². The molecule has 0 radical (unpaired) electrons. The number of allylic oxidation sites excluding steroid dienone is 6. The molecule has 14 heteroatoms. The van der Waals surface area contributed by atoms with Crippen LogP contribution in [-0.4, -0.2) is 129 Å². The molecule has 0 saturated carbocycles. The summed E-state index contributed by atoms with van der Waals surface area (Å²) in [4.78, 5) is 25.9. The van der Waals surface area contributed by atoms with Gasteiger partial charge in [0.1, 0.15) is 55.9 Å². The third kappa shape index (κ3) is 9.22. The van der Waals surface area contributed by atoms with Crippen molar-refractivity contribution in [2.45, 2.75) is 114 Å². The Hall–Kier alpha value is -2.24. The van der Waals surface area contributed by atoms with Gasteiger partial charge in [-0.1, -0.05) is 34.9 Å². The van der Waals surface area contributed by atoms with Gasteiger partial charge in [-0.05, 0) is 59.3 Å². The summed E-state index contributed by atoms with van der Waals surface area (Å²) in [6, 6.07) is 0. The topological polar surface area (TPSA) is 222 Å². The number of aliphatic hydroxyl groups is 7. The summed E-state index contributed by atoms with van der Waals surface area (Å²) < 4.78 is 26.7. The second-order valence-corrected chi connectivity index (χ2v) is 12.5.